The van der Waals surface area contributed by atoms with Crippen molar-refractivity contribution in [1.29, 1.82) is 0 Å². The summed E-state index contributed by atoms with van der Waals surface area (Å²) >= 11 is 0. The van der Waals surface area contributed by atoms with Crippen molar-refractivity contribution in [3.63, 3.8) is 0 Å². The maximum absolute atomic E-state index is 12.7. The molecule has 5 nitrogen and oxygen atoms in total. The molecule has 0 radical (unpaired) electrons. The monoisotopic (exact) mass is 336 g/mol. The molecular weight excluding hydrogens is 316 g/mol. The van der Waals surface area contributed by atoms with Gasteiger partial charge in [-0.05, 0) is 24.1 Å². The van der Waals surface area contributed by atoms with E-state index in [1.54, 1.807) is 23.2 Å². The first-order chi connectivity index (χ1) is 12.3. The Bertz CT molecular complexity index is 784. The SMILES string of the molecule is O=C(c1ccc(-c2cnco2)cc1)N(CCO)CCc1ccccc1. The summed E-state index contributed by atoms with van der Waals surface area (Å²) in [5.41, 5.74) is 2.62. The van der Waals surface area contributed by atoms with E-state index in [1.165, 1.54) is 12.0 Å². The molecule has 1 aromatic heterocycles. The van der Waals surface area contributed by atoms with E-state index in [1.807, 2.05) is 42.5 Å². The number of nitrogens with zero attached hydrogens (tertiary/aromatic N) is 2. The third-order valence-corrected chi connectivity index (χ3v) is 4.02. The number of aliphatic hydroxyl groups excluding tert-OH is 1. The Labute approximate surface area is 146 Å². The minimum atomic E-state index is -0.0888. The van der Waals surface area contributed by atoms with E-state index in [2.05, 4.69) is 4.98 Å². The Balaban J connectivity index is 1.69. The Morgan fingerprint density at radius 3 is 2.44 bits per heavy atom. The number of carbonyl (C=O) groups excluding carboxylic acids is 1. The predicted molar refractivity (Wildman–Crippen MR) is 95.1 cm³/mol. The van der Waals surface area contributed by atoms with Crippen molar-refractivity contribution in [1.82, 2.24) is 9.88 Å². The van der Waals surface area contributed by atoms with Crippen molar-refractivity contribution in [2.45, 2.75) is 6.42 Å². The lowest BCUT2D eigenvalue weighted by molar-refractivity contribution is 0.0724. The summed E-state index contributed by atoms with van der Waals surface area (Å²) in [5, 5.41) is 9.29. The summed E-state index contributed by atoms with van der Waals surface area (Å²) in [6, 6.07) is 17.2. The van der Waals surface area contributed by atoms with Gasteiger partial charge in [-0.2, -0.15) is 0 Å². The van der Waals surface area contributed by atoms with E-state index >= 15 is 0 Å². The highest BCUT2D eigenvalue weighted by molar-refractivity contribution is 5.94. The minimum Gasteiger partial charge on any atom is -0.444 e. The number of rotatable bonds is 7. The normalized spacial score (nSPS) is 10.6. The highest BCUT2D eigenvalue weighted by Crippen LogP contribution is 2.19. The first-order valence-electron chi connectivity index (χ1n) is 8.21. The van der Waals surface area contributed by atoms with Gasteiger partial charge >= 0.3 is 0 Å². The molecule has 0 aliphatic rings. The Morgan fingerprint density at radius 1 is 1.04 bits per heavy atom. The molecule has 5 heteroatoms. The second kappa shape index (κ2) is 8.26. The highest BCUT2D eigenvalue weighted by Gasteiger charge is 2.15. The lowest BCUT2D eigenvalue weighted by atomic mass is 10.1. The third-order valence-electron chi connectivity index (χ3n) is 4.02. The zero-order valence-corrected chi connectivity index (χ0v) is 13.8. The molecule has 0 aliphatic heterocycles. The van der Waals surface area contributed by atoms with Crippen LogP contribution in [0.1, 0.15) is 15.9 Å². The fraction of sp³-hybridized carbons (Fsp3) is 0.200. The van der Waals surface area contributed by atoms with Crippen molar-refractivity contribution in [2.24, 2.45) is 0 Å². The van der Waals surface area contributed by atoms with E-state index in [4.69, 9.17) is 4.42 Å². The van der Waals surface area contributed by atoms with Crippen LogP contribution in [0.4, 0.5) is 0 Å². The Hall–Kier alpha value is -2.92. The number of carbonyl (C=O) groups is 1. The van der Waals surface area contributed by atoms with Crippen LogP contribution >= 0.6 is 0 Å². The molecule has 0 saturated carbocycles. The molecule has 0 unspecified atom stereocenters. The molecule has 1 N–H and O–H groups in total. The Morgan fingerprint density at radius 2 is 1.80 bits per heavy atom. The molecule has 3 aromatic rings. The summed E-state index contributed by atoms with van der Waals surface area (Å²) in [6.45, 7) is 0.819. The third kappa shape index (κ3) is 4.33. The van der Waals surface area contributed by atoms with Crippen LogP contribution in [0.5, 0.6) is 0 Å². The molecule has 3 rings (SSSR count). The number of hydrogen-bond donors (Lipinski definition) is 1. The Kier molecular flexibility index (Phi) is 5.59. The molecule has 0 saturated heterocycles. The maximum Gasteiger partial charge on any atom is 0.253 e. The van der Waals surface area contributed by atoms with Gasteiger partial charge in [0.15, 0.2) is 12.2 Å². The lowest BCUT2D eigenvalue weighted by Gasteiger charge is -2.22. The van der Waals surface area contributed by atoms with Gasteiger partial charge in [-0.3, -0.25) is 4.79 Å². The maximum atomic E-state index is 12.7. The van der Waals surface area contributed by atoms with Gasteiger partial charge in [0.1, 0.15) is 0 Å². The fourth-order valence-electron chi connectivity index (χ4n) is 2.66. The molecule has 0 bridgehead atoms. The van der Waals surface area contributed by atoms with Crippen molar-refractivity contribution < 1.29 is 14.3 Å². The minimum absolute atomic E-state index is 0.0589. The van der Waals surface area contributed by atoms with Gasteiger partial charge in [-0.1, -0.05) is 42.5 Å². The second-order valence-electron chi connectivity index (χ2n) is 5.69. The fourth-order valence-corrected chi connectivity index (χ4v) is 2.66. The zero-order chi connectivity index (χ0) is 17.5. The van der Waals surface area contributed by atoms with Gasteiger partial charge in [0.05, 0.1) is 12.8 Å². The second-order valence-corrected chi connectivity index (χ2v) is 5.69. The largest absolute Gasteiger partial charge is 0.444 e. The van der Waals surface area contributed by atoms with Gasteiger partial charge in [0.2, 0.25) is 0 Å². The average Bonchev–Trinajstić information content (AvgIpc) is 3.20. The molecular formula is C20H20N2O3. The van der Waals surface area contributed by atoms with Crippen LogP contribution in [0.15, 0.2) is 71.6 Å². The summed E-state index contributed by atoms with van der Waals surface area (Å²) in [6.07, 6.45) is 3.76. The standard InChI is InChI=1S/C20H20N2O3/c23-13-12-22(11-10-16-4-2-1-3-5-16)20(24)18-8-6-17(7-9-18)19-14-21-15-25-19/h1-9,14-15,23H,10-13H2. The molecule has 1 amide bonds. The van der Waals surface area contributed by atoms with Gasteiger partial charge < -0.3 is 14.4 Å². The number of aliphatic hydroxyl groups is 1. The smallest absolute Gasteiger partial charge is 0.253 e. The summed E-state index contributed by atoms with van der Waals surface area (Å²) in [5.74, 6) is 0.574. The number of aromatic nitrogens is 1. The molecule has 0 atom stereocenters. The molecule has 25 heavy (non-hydrogen) atoms. The van der Waals surface area contributed by atoms with Crippen LogP contribution in [0.2, 0.25) is 0 Å². The zero-order valence-electron chi connectivity index (χ0n) is 13.8. The van der Waals surface area contributed by atoms with E-state index in [9.17, 15) is 9.90 Å². The van der Waals surface area contributed by atoms with Crippen molar-refractivity contribution >= 4 is 5.91 Å². The summed E-state index contributed by atoms with van der Waals surface area (Å²) in [7, 11) is 0. The van der Waals surface area contributed by atoms with Crippen molar-refractivity contribution in [2.75, 3.05) is 19.7 Å². The van der Waals surface area contributed by atoms with Gasteiger partial charge in [0.25, 0.3) is 5.91 Å². The molecule has 2 aromatic carbocycles. The van der Waals surface area contributed by atoms with Crippen LogP contribution < -0.4 is 0 Å². The molecule has 0 aliphatic carbocycles. The first-order valence-corrected chi connectivity index (χ1v) is 8.21. The number of benzene rings is 2. The molecule has 128 valence electrons. The van der Waals surface area contributed by atoms with E-state index < -0.39 is 0 Å². The average molecular weight is 336 g/mol. The van der Waals surface area contributed by atoms with E-state index in [0.29, 0.717) is 24.4 Å². The summed E-state index contributed by atoms with van der Waals surface area (Å²) < 4.78 is 5.25. The van der Waals surface area contributed by atoms with E-state index in [-0.39, 0.29) is 12.5 Å². The van der Waals surface area contributed by atoms with Crippen molar-refractivity contribution in [3.8, 4) is 11.3 Å². The van der Waals surface area contributed by atoms with Crippen LogP contribution in [-0.4, -0.2) is 40.6 Å². The quantitative estimate of drug-likeness (QED) is 0.720. The van der Waals surface area contributed by atoms with E-state index in [0.717, 1.165) is 12.0 Å². The predicted octanol–water partition coefficient (Wildman–Crippen LogP) is 3.02. The molecule has 0 fully saturated rings. The lowest BCUT2D eigenvalue weighted by Crippen LogP contribution is -2.35. The van der Waals surface area contributed by atoms with Gasteiger partial charge in [-0.15, -0.1) is 0 Å². The number of oxazole rings is 1. The summed E-state index contributed by atoms with van der Waals surface area (Å²) in [4.78, 5) is 18.3. The van der Waals surface area contributed by atoms with Crippen LogP contribution in [0, 0.1) is 0 Å². The topological polar surface area (TPSA) is 66.6 Å². The molecule has 1 heterocycles. The van der Waals surface area contributed by atoms with Crippen molar-refractivity contribution in [3.05, 3.63) is 78.3 Å². The van der Waals surface area contributed by atoms with Gasteiger partial charge in [0, 0.05) is 24.2 Å². The van der Waals surface area contributed by atoms with Gasteiger partial charge in [-0.25, -0.2) is 4.98 Å². The molecule has 0 spiro atoms. The van der Waals surface area contributed by atoms with Crippen LogP contribution in [0.25, 0.3) is 11.3 Å². The number of amides is 1. The number of hydrogen-bond acceptors (Lipinski definition) is 4. The van der Waals surface area contributed by atoms with Crippen LogP contribution in [-0.2, 0) is 6.42 Å². The highest BCUT2D eigenvalue weighted by atomic mass is 16.3. The van der Waals surface area contributed by atoms with Crippen LogP contribution in [0.3, 0.4) is 0 Å². The first kappa shape index (κ1) is 16.9.